The van der Waals surface area contributed by atoms with Gasteiger partial charge >= 0.3 is 0 Å². The maximum Gasteiger partial charge on any atom is 0.252 e. The largest absolute Gasteiger partial charge is 0.338 e. The van der Waals surface area contributed by atoms with Gasteiger partial charge in [-0.2, -0.15) is 0 Å². The predicted molar refractivity (Wildman–Crippen MR) is 570 cm³/mol. The highest BCUT2D eigenvalue weighted by molar-refractivity contribution is 7.00. The van der Waals surface area contributed by atoms with Gasteiger partial charge in [0.05, 0.1) is 22.1 Å². The van der Waals surface area contributed by atoms with Crippen LogP contribution in [0.4, 0.5) is 22.7 Å². The first-order valence-corrected chi connectivity index (χ1v) is 47.8. The number of anilines is 4. The molecule has 133 heavy (non-hydrogen) atoms. The highest BCUT2D eigenvalue weighted by Gasteiger charge is 2.45. The highest BCUT2D eigenvalue weighted by Crippen LogP contribution is 2.49. The summed E-state index contributed by atoms with van der Waals surface area (Å²) in [4.78, 5) is 5.57. The number of hydrogen-bond acceptors (Lipinski definition) is 2. The summed E-state index contributed by atoms with van der Waals surface area (Å²) in [6.07, 6.45) is 0. The maximum absolute atomic E-state index is 2.81. The van der Waals surface area contributed by atoms with E-state index in [0.717, 1.165) is 11.4 Å². The van der Waals surface area contributed by atoms with Crippen LogP contribution < -0.4 is 26.2 Å². The van der Waals surface area contributed by atoms with E-state index in [0.29, 0.717) is 26.2 Å². The third-order valence-corrected chi connectivity index (χ3v) is 29.2. The molecular formula is C126H113BN6. The van der Waals surface area contributed by atoms with Crippen molar-refractivity contribution in [1.82, 2.24) is 18.3 Å². The maximum atomic E-state index is 2.81. The van der Waals surface area contributed by atoms with Gasteiger partial charge in [0.1, 0.15) is 0 Å². The number of hydrogen-bond donors (Lipinski definition) is 0. The SMILES string of the molecule is CC(C)(C)c1cc(-c2ccccc2)c(CN2c3cc(Cn4c5ccc(C(C)(C)C)cc5c5cc(C(C)(C)C)ccc54)ccc3B3c4ccc(-n5c6ccc(C(C)(C)C)cc6c6cc(C(C)(C)C)ccc65)cc4N(Cc4cc(-c5ccccc5)cc(-c5ccccc5)c4)c4cc(Cn5c6ccccc6c6cc(-n7c8ccccc8c8ccccc87)ccc65)cc2c43)c(-c2ccccc2)c1. The molecule has 0 atom stereocenters. The number of nitrogens with zero attached hydrogens (tertiary/aromatic N) is 6. The first kappa shape index (κ1) is 83.0. The molecule has 0 aliphatic carbocycles. The molecule has 6 heterocycles. The van der Waals surface area contributed by atoms with Crippen molar-refractivity contribution in [3.05, 3.63) is 414 Å². The summed E-state index contributed by atoms with van der Waals surface area (Å²) in [6, 6.07) is 141. The average Bonchev–Trinajstić information content (AvgIpc) is 0.932. The van der Waals surface area contributed by atoms with Crippen LogP contribution in [0.15, 0.2) is 364 Å². The van der Waals surface area contributed by atoms with Gasteiger partial charge in [-0.25, -0.2) is 0 Å². The Morgan fingerprint density at radius 1 is 0.211 bits per heavy atom. The van der Waals surface area contributed by atoms with E-state index in [4.69, 9.17) is 0 Å². The summed E-state index contributed by atoms with van der Waals surface area (Å²) < 4.78 is 10.3. The molecule has 0 fully saturated rings. The zero-order valence-electron chi connectivity index (χ0n) is 79.2. The quantitative estimate of drug-likeness (QED) is 0.101. The predicted octanol–water partition coefficient (Wildman–Crippen LogP) is 31.2. The van der Waals surface area contributed by atoms with Crippen LogP contribution in [0.1, 0.15) is 154 Å². The van der Waals surface area contributed by atoms with Gasteiger partial charge in [0.15, 0.2) is 0 Å². The Balaban J connectivity index is 0.825. The van der Waals surface area contributed by atoms with E-state index < -0.39 is 0 Å². The Labute approximate surface area is 782 Å². The van der Waals surface area contributed by atoms with E-state index >= 15 is 0 Å². The average molecular weight is 1720 g/mol. The number of benzene rings is 17. The van der Waals surface area contributed by atoms with Gasteiger partial charge in [0, 0.05) is 125 Å². The second kappa shape index (κ2) is 31.1. The summed E-state index contributed by atoms with van der Waals surface area (Å²) in [5, 5.41) is 10.1. The van der Waals surface area contributed by atoms with Gasteiger partial charge in [-0.05, 0) is 272 Å². The lowest BCUT2D eigenvalue weighted by Gasteiger charge is -2.45. The molecule has 21 aromatic rings. The number of rotatable bonds is 14. The molecular weight excluding hydrogens is 1610 g/mol. The lowest BCUT2D eigenvalue weighted by molar-refractivity contribution is 0.590. The Kier molecular flexibility index (Phi) is 19.4. The summed E-state index contributed by atoms with van der Waals surface area (Å²) in [5.41, 5.74) is 41.2. The molecule has 650 valence electrons. The van der Waals surface area contributed by atoms with E-state index in [1.165, 1.54) is 221 Å². The van der Waals surface area contributed by atoms with Crippen LogP contribution in [0.5, 0.6) is 0 Å². The molecule has 2 aliphatic heterocycles. The van der Waals surface area contributed by atoms with E-state index in [-0.39, 0.29) is 33.8 Å². The summed E-state index contributed by atoms with van der Waals surface area (Å²) in [6.45, 7) is 37.4. The van der Waals surface area contributed by atoms with Gasteiger partial charge in [-0.1, -0.05) is 334 Å². The normalized spacial score (nSPS) is 13.2. The van der Waals surface area contributed by atoms with E-state index in [1.807, 2.05) is 0 Å². The molecule has 0 saturated carbocycles. The molecule has 4 aromatic heterocycles. The van der Waals surface area contributed by atoms with Crippen molar-refractivity contribution < 1.29 is 0 Å². The topological polar surface area (TPSA) is 26.2 Å². The third kappa shape index (κ3) is 14.3. The summed E-state index contributed by atoms with van der Waals surface area (Å²) in [5.74, 6) is 0. The lowest BCUT2D eigenvalue weighted by atomic mass is 9.33. The van der Waals surface area contributed by atoms with E-state index in [1.54, 1.807) is 0 Å². The Bertz CT molecular complexity index is 7950. The first-order valence-electron chi connectivity index (χ1n) is 47.8. The zero-order valence-corrected chi connectivity index (χ0v) is 79.2. The summed E-state index contributed by atoms with van der Waals surface area (Å²) in [7, 11) is 0. The van der Waals surface area contributed by atoms with Crippen LogP contribution in [-0.4, -0.2) is 25.0 Å². The van der Waals surface area contributed by atoms with Gasteiger partial charge in [0.25, 0.3) is 6.71 Å². The van der Waals surface area contributed by atoms with Crippen molar-refractivity contribution in [3.63, 3.8) is 0 Å². The smallest absolute Gasteiger partial charge is 0.252 e. The van der Waals surface area contributed by atoms with E-state index in [2.05, 4.69) is 496 Å². The van der Waals surface area contributed by atoms with Crippen LogP contribution in [0.2, 0.25) is 0 Å². The van der Waals surface area contributed by atoms with Crippen molar-refractivity contribution in [3.8, 4) is 55.9 Å². The molecule has 23 rings (SSSR count). The first-order chi connectivity index (χ1) is 64.1. The monoisotopic (exact) mass is 1720 g/mol. The van der Waals surface area contributed by atoms with Crippen molar-refractivity contribution in [2.45, 2.75) is 157 Å². The van der Waals surface area contributed by atoms with E-state index in [9.17, 15) is 0 Å². The molecule has 0 unspecified atom stereocenters. The second-order valence-corrected chi connectivity index (χ2v) is 43.0. The lowest BCUT2D eigenvalue weighted by Crippen LogP contribution is -2.62. The van der Waals surface area contributed by atoms with Crippen LogP contribution in [0, 0.1) is 0 Å². The van der Waals surface area contributed by atoms with Crippen LogP contribution >= 0.6 is 0 Å². The molecule has 0 radical (unpaired) electrons. The molecule has 0 N–H and O–H groups in total. The minimum Gasteiger partial charge on any atom is -0.338 e. The Morgan fingerprint density at radius 3 is 0.992 bits per heavy atom. The minimum atomic E-state index is -0.227. The molecule has 6 nitrogen and oxygen atoms in total. The standard InChI is InChI=1S/C126H113BN6/c1-122(2,3)89-49-57-110-101(68-89)102-69-90(123(4,5)6)50-58-111(102)128(110)76-80-48-55-107-117(64-80)131(79-106-99(85-38-24-18-25-39-85)72-93(126(13,14)15)73-100(106)86-40-26-19-27-41-86)120-66-82(78-129-109-45-31-28-44-98(109)105-74-94(54-61-112(105)129)132-113-46-32-29-42-96(113)97-43-30-33-47-114(97)132)65-119-121(120)127(107)108-56-53-95(133-115-59-51-91(124(7,8)9)70-103(115)104-71-92(125(10,11)12)52-60-116(104)133)75-118(108)130(119)77-81-62-87(83-34-20-16-21-35-83)67-88(63-81)84-36-22-17-23-37-84/h16-75H,76-79H2,1-15H3. The molecule has 0 amide bonds. The van der Waals surface area contributed by atoms with Crippen molar-refractivity contribution in [1.29, 1.82) is 0 Å². The highest BCUT2D eigenvalue weighted by atomic mass is 15.2. The molecule has 2 aliphatic rings. The fourth-order valence-corrected chi connectivity index (χ4v) is 22.0. The Hall–Kier alpha value is -14.4. The fourth-order valence-electron chi connectivity index (χ4n) is 22.0. The van der Waals surface area contributed by atoms with Gasteiger partial charge < -0.3 is 28.1 Å². The van der Waals surface area contributed by atoms with Crippen molar-refractivity contribution >= 4 is 133 Å². The molecule has 0 bridgehead atoms. The molecule has 0 spiro atoms. The van der Waals surface area contributed by atoms with Crippen LogP contribution in [-0.2, 0) is 53.3 Å². The van der Waals surface area contributed by atoms with Crippen molar-refractivity contribution in [2.75, 3.05) is 9.80 Å². The zero-order chi connectivity index (χ0) is 91.0. The molecule has 7 heteroatoms. The van der Waals surface area contributed by atoms with Crippen LogP contribution in [0.3, 0.4) is 0 Å². The third-order valence-electron chi connectivity index (χ3n) is 29.2. The van der Waals surface area contributed by atoms with Gasteiger partial charge in [-0.3, -0.25) is 0 Å². The molecule has 17 aromatic carbocycles. The van der Waals surface area contributed by atoms with Gasteiger partial charge in [-0.15, -0.1) is 0 Å². The van der Waals surface area contributed by atoms with Gasteiger partial charge in [0.2, 0.25) is 0 Å². The Morgan fingerprint density at radius 2 is 0.534 bits per heavy atom. The van der Waals surface area contributed by atoms with Crippen LogP contribution in [0.25, 0.3) is 143 Å². The second-order valence-electron chi connectivity index (χ2n) is 43.0. The molecule has 0 saturated heterocycles. The number of aromatic nitrogens is 4. The number of fused-ring (bicyclic) bond motifs is 16. The number of para-hydroxylation sites is 3. The minimum absolute atomic E-state index is 0.0492. The fraction of sp³-hybridized carbons (Fsp3) is 0.190. The van der Waals surface area contributed by atoms with Crippen molar-refractivity contribution in [2.24, 2.45) is 0 Å². The summed E-state index contributed by atoms with van der Waals surface area (Å²) >= 11 is 0.